The number of halogens is 3. The third-order valence-electron chi connectivity index (χ3n) is 3.77. The Morgan fingerprint density at radius 1 is 1.24 bits per heavy atom. The fourth-order valence-electron chi connectivity index (χ4n) is 2.75. The van der Waals surface area contributed by atoms with E-state index in [4.69, 9.17) is 0 Å². The first-order chi connectivity index (χ1) is 9.51. The average Bonchev–Trinajstić information content (AvgIpc) is 2.67. The molecule has 0 spiro atoms. The number of nitrogens with one attached hydrogen (secondary N) is 1. The molecule has 1 aromatic rings. The van der Waals surface area contributed by atoms with Crippen molar-refractivity contribution in [3.63, 3.8) is 0 Å². The zero-order chi connectivity index (χ0) is 15.9. The predicted molar refractivity (Wildman–Crippen MR) is 73.2 cm³/mol. The van der Waals surface area contributed by atoms with Gasteiger partial charge in [0.05, 0.1) is 10.5 Å². The minimum absolute atomic E-state index is 0.0106. The molecule has 0 amide bonds. The first kappa shape index (κ1) is 16.3. The Bertz CT molecular complexity index is 623. The van der Waals surface area contributed by atoms with E-state index < -0.39 is 26.7 Å². The van der Waals surface area contributed by atoms with Gasteiger partial charge in [0.1, 0.15) is 0 Å². The van der Waals surface area contributed by atoms with Crippen LogP contribution < -0.4 is 4.72 Å². The minimum atomic E-state index is -4.69. The van der Waals surface area contributed by atoms with E-state index in [0.717, 1.165) is 18.6 Å². The van der Waals surface area contributed by atoms with Crippen molar-refractivity contribution in [2.75, 3.05) is 0 Å². The van der Waals surface area contributed by atoms with Crippen LogP contribution in [0.25, 0.3) is 0 Å². The molecule has 1 aliphatic rings. The Kier molecular flexibility index (Phi) is 4.10. The van der Waals surface area contributed by atoms with Crippen molar-refractivity contribution >= 4 is 10.0 Å². The summed E-state index contributed by atoms with van der Waals surface area (Å²) in [6.07, 6.45) is -2.58. The Labute approximate surface area is 122 Å². The fourth-order valence-corrected chi connectivity index (χ4v) is 4.25. The van der Waals surface area contributed by atoms with Crippen LogP contribution in [-0.4, -0.2) is 14.5 Å². The first-order valence-electron chi connectivity index (χ1n) is 6.70. The third kappa shape index (κ3) is 3.77. The van der Waals surface area contributed by atoms with Gasteiger partial charge in [0.15, 0.2) is 0 Å². The van der Waals surface area contributed by atoms with Crippen LogP contribution in [0.4, 0.5) is 13.2 Å². The minimum Gasteiger partial charge on any atom is -0.208 e. The molecule has 1 atom stereocenters. The van der Waals surface area contributed by atoms with E-state index in [-0.39, 0.29) is 11.5 Å². The molecule has 118 valence electrons. The second kappa shape index (κ2) is 5.28. The average molecular weight is 321 g/mol. The Morgan fingerprint density at radius 3 is 2.38 bits per heavy atom. The molecule has 1 fully saturated rings. The molecule has 0 aromatic heterocycles. The van der Waals surface area contributed by atoms with Crippen molar-refractivity contribution in [3.8, 4) is 0 Å². The fraction of sp³-hybridized carbons (Fsp3) is 0.571. The summed E-state index contributed by atoms with van der Waals surface area (Å²) in [6, 6.07) is 3.94. The number of hydrogen-bond acceptors (Lipinski definition) is 2. The third-order valence-corrected chi connectivity index (χ3v) is 5.35. The van der Waals surface area contributed by atoms with E-state index in [1.165, 1.54) is 12.1 Å². The topological polar surface area (TPSA) is 46.2 Å². The van der Waals surface area contributed by atoms with Gasteiger partial charge in [0.2, 0.25) is 10.0 Å². The zero-order valence-electron chi connectivity index (χ0n) is 11.9. The Morgan fingerprint density at radius 2 is 1.86 bits per heavy atom. The lowest BCUT2D eigenvalue weighted by Gasteiger charge is -2.19. The standard InChI is InChI=1S/C14H18F3NO2S/c1-13(2)8-7-10(9-13)18-21(19,20)12-6-4-3-5-11(12)14(15,16)17/h3-6,10,18H,7-9H2,1-2H3. The largest absolute Gasteiger partial charge is 0.417 e. The molecular formula is C14H18F3NO2S. The number of alkyl halides is 3. The molecule has 1 unspecified atom stereocenters. The van der Waals surface area contributed by atoms with Gasteiger partial charge in [-0.15, -0.1) is 0 Å². The molecule has 1 N–H and O–H groups in total. The number of rotatable bonds is 3. The summed E-state index contributed by atoms with van der Waals surface area (Å²) in [5, 5.41) is 0. The molecule has 1 aromatic carbocycles. The van der Waals surface area contributed by atoms with Gasteiger partial charge in [-0.05, 0) is 36.8 Å². The monoisotopic (exact) mass is 321 g/mol. The molecule has 1 saturated carbocycles. The quantitative estimate of drug-likeness (QED) is 0.925. The van der Waals surface area contributed by atoms with Crippen molar-refractivity contribution in [2.24, 2.45) is 5.41 Å². The van der Waals surface area contributed by atoms with E-state index in [1.807, 2.05) is 13.8 Å². The lowest BCUT2D eigenvalue weighted by atomic mass is 9.92. The van der Waals surface area contributed by atoms with Crippen molar-refractivity contribution in [2.45, 2.75) is 50.2 Å². The van der Waals surface area contributed by atoms with Crippen LogP contribution in [0.3, 0.4) is 0 Å². The van der Waals surface area contributed by atoms with E-state index in [2.05, 4.69) is 4.72 Å². The number of benzene rings is 1. The zero-order valence-corrected chi connectivity index (χ0v) is 12.7. The predicted octanol–water partition coefficient (Wildman–Crippen LogP) is 3.56. The van der Waals surface area contributed by atoms with Gasteiger partial charge in [-0.2, -0.15) is 13.2 Å². The summed E-state index contributed by atoms with van der Waals surface area (Å²) in [7, 11) is -4.18. The van der Waals surface area contributed by atoms with Gasteiger partial charge in [0, 0.05) is 6.04 Å². The van der Waals surface area contributed by atoms with E-state index in [1.54, 1.807) is 0 Å². The van der Waals surface area contributed by atoms with Crippen LogP contribution >= 0.6 is 0 Å². The van der Waals surface area contributed by atoms with Crippen LogP contribution in [-0.2, 0) is 16.2 Å². The van der Waals surface area contributed by atoms with Gasteiger partial charge < -0.3 is 0 Å². The molecule has 2 rings (SSSR count). The molecular weight excluding hydrogens is 303 g/mol. The molecule has 7 heteroatoms. The molecule has 3 nitrogen and oxygen atoms in total. The highest BCUT2D eigenvalue weighted by Gasteiger charge is 2.39. The lowest BCUT2D eigenvalue weighted by Crippen LogP contribution is -2.34. The van der Waals surface area contributed by atoms with Crippen LogP contribution in [0.5, 0.6) is 0 Å². The van der Waals surface area contributed by atoms with Crippen LogP contribution in [0.15, 0.2) is 29.2 Å². The molecule has 1 aliphatic carbocycles. The highest BCUT2D eigenvalue weighted by atomic mass is 32.2. The molecule has 0 aliphatic heterocycles. The van der Waals surface area contributed by atoms with Crippen molar-refractivity contribution < 1.29 is 21.6 Å². The summed E-state index contributed by atoms with van der Waals surface area (Å²) >= 11 is 0. The van der Waals surface area contributed by atoms with E-state index in [9.17, 15) is 21.6 Å². The second-order valence-corrected chi connectivity index (χ2v) is 7.90. The van der Waals surface area contributed by atoms with Crippen molar-refractivity contribution in [1.29, 1.82) is 0 Å². The molecule has 0 radical (unpaired) electrons. The lowest BCUT2D eigenvalue weighted by molar-refractivity contribution is -0.139. The first-order valence-corrected chi connectivity index (χ1v) is 8.18. The highest BCUT2D eigenvalue weighted by Crippen LogP contribution is 2.38. The summed E-state index contributed by atoms with van der Waals surface area (Å²) in [6.45, 7) is 4.04. The van der Waals surface area contributed by atoms with Crippen LogP contribution in [0, 0.1) is 5.41 Å². The van der Waals surface area contributed by atoms with Crippen LogP contribution in [0.2, 0.25) is 0 Å². The summed E-state index contributed by atoms with van der Waals surface area (Å²) in [4.78, 5) is -0.706. The van der Waals surface area contributed by atoms with Gasteiger partial charge in [-0.1, -0.05) is 26.0 Å². The number of hydrogen-bond donors (Lipinski definition) is 1. The maximum absolute atomic E-state index is 12.9. The second-order valence-electron chi connectivity index (χ2n) is 6.22. The van der Waals surface area contributed by atoms with E-state index in [0.29, 0.717) is 12.8 Å². The van der Waals surface area contributed by atoms with Crippen molar-refractivity contribution in [3.05, 3.63) is 29.8 Å². The smallest absolute Gasteiger partial charge is 0.208 e. The SMILES string of the molecule is CC1(C)CCC(NS(=O)(=O)c2ccccc2C(F)(F)F)C1. The molecule has 0 saturated heterocycles. The molecule has 21 heavy (non-hydrogen) atoms. The molecule has 0 bridgehead atoms. The van der Waals surface area contributed by atoms with E-state index >= 15 is 0 Å². The van der Waals surface area contributed by atoms with Crippen molar-refractivity contribution in [1.82, 2.24) is 4.72 Å². The Hall–Kier alpha value is -1.08. The highest BCUT2D eigenvalue weighted by molar-refractivity contribution is 7.89. The maximum Gasteiger partial charge on any atom is 0.417 e. The van der Waals surface area contributed by atoms with Gasteiger partial charge in [-0.25, -0.2) is 13.1 Å². The van der Waals surface area contributed by atoms with Gasteiger partial charge in [-0.3, -0.25) is 0 Å². The number of sulfonamides is 1. The van der Waals surface area contributed by atoms with Gasteiger partial charge >= 0.3 is 6.18 Å². The maximum atomic E-state index is 12.9. The summed E-state index contributed by atoms with van der Waals surface area (Å²) in [5.74, 6) is 0. The van der Waals surface area contributed by atoms with Gasteiger partial charge in [0.25, 0.3) is 0 Å². The molecule has 0 heterocycles. The normalized spacial score (nSPS) is 22.4. The Balaban J connectivity index is 2.29. The summed E-state index contributed by atoms with van der Waals surface area (Å²) in [5.41, 5.74) is -1.12. The van der Waals surface area contributed by atoms with Crippen LogP contribution in [0.1, 0.15) is 38.7 Å². The summed E-state index contributed by atoms with van der Waals surface area (Å²) < 4.78 is 65.7.